The van der Waals surface area contributed by atoms with Crippen LogP contribution in [0.5, 0.6) is 0 Å². The number of carboxylic acid groups (broad SMARTS) is 1. The van der Waals surface area contributed by atoms with Gasteiger partial charge in [-0.1, -0.05) is 6.42 Å². The molecule has 3 rings (SSSR count). The minimum Gasteiger partial charge on any atom is -0.478 e. The predicted molar refractivity (Wildman–Crippen MR) is 72.9 cm³/mol. The summed E-state index contributed by atoms with van der Waals surface area (Å²) in [6.07, 6.45) is 5.94. The zero-order valence-electron chi connectivity index (χ0n) is 10.8. The number of nitrogens with zero attached hydrogens (tertiary/aromatic N) is 4. The molecule has 2 aromatic rings. The van der Waals surface area contributed by atoms with Gasteiger partial charge in [0, 0.05) is 19.2 Å². The summed E-state index contributed by atoms with van der Waals surface area (Å²) in [6.45, 7) is 0.920. The summed E-state index contributed by atoms with van der Waals surface area (Å²) in [6, 6.07) is 3.04. The first-order valence-corrected chi connectivity index (χ1v) is 7.35. The van der Waals surface area contributed by atoms with Gasteiger partial charge in [-0.15, -0.1) is 10.2 Å². The van der Waals surface area contributed by atoms with Crippen molar-refractivity contribution in [1.82, 2.24) is 19.7 Å². The van der Waals surface area contributed by atoms with Crippen LogP contribution < -0.4 is 0 Å². The van der Waals surface area contributed by atoms with Crippen LogP contribution in [0.25, 0.3) is 0 Å². The molecule has 0 spiro atoms. The van der Waals surface area contributed by atoms with Crippen LogP contribution in [0.3, 0.4) is 0 Å². The van der Waals surface area contributed by atoms with Gasteiger partial charge in [-0.3, -0.25) is 0 Å². The van der Waals surface area contributed by atoms with Gasteiger partial charge in [0.25, 0.3) is 0 Å². The number of aryl methyl sites for hydroxylation is 1. The first kappa shape index (κ1) is 13.1. The third-order valence-corrected chi connectivity index (χ3v) is 4.17. The Morgan fingerprint density at radius 2 is 2.20 bits per heavy atom. The van der Waals surface area contributed by atoms with E-state index < -0.39 is 5.97 Å². The Morgan fingerprint density at radius 1 is 1.30 bits per heavy atom. The molecule has 0 aromatic carbocycles. The van der Waals surface area contributed by atoms with E-state index in [9.17, 15) is 4.79 Å². The standard InChI is InChI=1S/C13H14N4O2S/c18-12(19)9-5-6-14-11(8-9)20-13-16-15-10-4-2-1-3-7-17(10)13/h5-6,8H,1-4,7H2,(H,18,19). The molecule has 6 nitrogen and oxygen atoms in total. The maximum atomic E-state index is 11.0. The third-order valence-electron chi connectivity index (χ3n) is 3.25. The van der Waals surface area contributed by atoms with Crippen molar-refractivity contribution in [3.8, 4) is 0 Å². The second kappa shape index (κ2) is 5.62. The Bertz CT molecular complexity index is 641. The molecule has 0 bridgehead atoms. The van der Waals surface area contributed by atoms with Crippen LogP contribution in [0.15, 0.2) is 28.5 Å². The molecule has 0 saturated carbocycles. The van der Waals surface area contributed by atoms with Crippen molar-refractivity contribution >= 4 is 17.7 Å². The Labute approximate surface area is 120 Å². The lowest BCUT2D eigenvalue weighted by Gasteiger charge is -2.06. The minimum absolute atomic E-state index is 0.234. The normalized spacial score (nSPS) is 14.6. The van der Waals surface area contributed by atoms with Crippen LogP contribution in [-0.2, 0) is 13.0 Å². The number of carboxylic acids is 1. The van der Waals surface area contributed by atoms with Crippen LogP contribution >= 0.6 is 11.8 Å². The lowest BCUT2D eigenvalue weighted by atomic mass is 10.2. The SMILES string of the molecule is O=C(O)c1ccnc(Sc2nnc3n2CCCCC3)c1. The number of aromatic nitrogens is 4. The summed E-state index contributed by atoms with van der Waals surface area (Å²) in [7, 11) is 0. The molecule has 104 valence electrons. The van der Waals surface area contributed by atoms with Crippen LogP contribution in [0.4, 0.5) is 0 Å². The van der Waals surface area contributed by atoms with Crippen LogP contribution in [-0.4, -0.2) is 30.8 Å². The molecule has 0 unspecified atom stereocenters. The van der Waals surface area contributed by atoms with E-state index in [2.05, 4.69) is 19.7 Å². The second-order valence-corrected chi connectivity index (χ2v) is 5.64. The van der Waals surface area contributed by atoms with E-state index in [1.165, 1.54) is 30.4 Å². The van der Waals surface area contributed by atoms with E-state index in [1.807, 2.05) is 0 Å². The molecule has 0 fully saturated rings. The van der Waals surface area contributed by atoms with Gasteiger partial charge >= 0.3 is 5.97 Å². The zero-order valence-corrected chi connectivity index (χ0v) is 11.6. The quantitative estimate of drug-likeness (QED) is 0.933. The smallest absolute Gasteiger partial charge is 0.335 e. The highest BCUT2D eigenvalue weighted by Crippen LogP contribution is 2.27. The average molecular weight is 290 g/mol. The molecule has 0 atom stereocenters. The van der Waals surface area contributed by atoms with Crippen molar-refractivity contribution in [2.24, 2.45) is 0 Å². The van der Waals surface area contributed by atoms with Crippen molar-refractivity contribution in [2.75, 3.05) is 0 Å². The topological polar surface area (TPSA) is 80.9 Å². The van der Waals surface area contributed by atoms with Crippen molar-refractivity contribution in [1.29, 1.82) is 0 Å². The van der Waals surface area contributed by atoms with E-state index in [1.54, 1.807) is 6.07 Å². The summed E-state index contributed by atoms with van der Waals surface area (Å²) < 4.78 is 2.12. The number of carbonyl (C=O) groups is 1. The molecule has 1 aliphatic heterocycles. The highest BCUT2D eigenvalue weighted by atomic mass is 32.2. The molecule has 1 aliphatic rings. The van der Waals surface area contributed by atoms with E-state index in [-0.39, 0.29) is 5.56 Å². The molecule has 7 heteroatoms. The summed E-state index contributed by atoms with van der Waals surface area (Å²) in [4.78, 5) is 15.2. The molecular formula is C13H14N4O2S. The second-order valence-electron chi connectivity index (χ2n) is 4.65. The van der Waals surface area contributed by atoms with E-state index in [0.29, 0.717) is 5.03 Å². The Kier molecular flexibility index (Phi) is 3.68. The van der Waals surface area contributed by atoms with E-state index in [0.717, 1.165) is 36.8 Å². The molecule has 20 heavy (non-hydrogen) atoms. The largest absolute Gasteiger partial charge is 0.478 e. The summed E-state index contributed by atoms with van der Waals surface area (Å²) in [5, 5.41) is 18.8. The lowest BCUT2D eigenvalue weighted by Crippen LogP contribution is -2.02. The van der Waals surface area contributed by atoms with Gasteiger partial charge in [-0.2, -0.15) is 0 Å². The Morgan fingerprint density at radius 3 is 3.05 bits per heavy atom. The van der Waals surface area contributed by atoms with Gasteiger partial charge in [0.1, 0.15) is 10.9 Å². The zero-order chi connectivity index (χ0) is 13.9. The van der Waals surface area contributed by atoms with Crippen LogP contribution in [0.2, 0.25) is 0 Å². The van der Waals surface area contributed by atoms with Crippen molar-refractivity contribution in [3.05, 3.63) is 29.7 Å². The molecule has 3 heterocycles. The predicted octanol–water partition coefficient (Wildman–Crippen LogP) is 2.25. The summed E-state index contributed by atoms with van der Waals surface area (Å²) >= 11 is 1.36. The maximum absolute atomic E-state index is 11.0. The van der Waals surface area contributed by atoms with Gasteiger partial charge in [0.2, 0.25) is 0 Å². The fourth-order valence-electron chi connectivity index (χ4n) is 2.23. The molecule has 2 aromatic heterocycles. The molecule has 1 N–H and O–H groups in total. The molecule has 0 aliphatic carbocycles. The van der Waals surface area contributed by atoms with Gasteiger partial charge in [0.05, 0.1) is 5.56 Å². The van der Waals surface area contributed by atoms with E-state index in [4.69, 9.17) is 5.11 Å². The Hall–Kier alpha value is -1.89. The average Bonchev–Trinajstić information content (AvgIpc) is 2.68. The van der Waals surface area contributed by atoms with E-state index >= 15 is 0 Å². The molecular weight excluding hydrogens is 276 g/mol. The number of fused-ring (bicyclic) bond motifs is 1. The number of pyridine rings is 1. The summed E-state index contributed by atoms with van der Waals surface area (Å²) in [5.74, 6) is 0.0636. The third kappa shape index (κ3) is 2.67. The van der Waals surface area contributed by atoms with Crippen molar-refractivity contribution in [2.45, 2.75) is 42.4 Å². The number of hydrogen-bond donors (Lipinski definition) is 1. The van der Waals surface area contributed by atoms with Crippen LogP contribution in [0, 0.1) is 0 Å². The molecule has 0 radical (unpaired) electrons. The molecule has 0 saturated heterocycles. The molecule has 0 amide bonds. The highest BCUT2D eigenvalue weighted by Gasteiger charge is 2.16. The fourth-order valence-corrected chi connectivity index (χ4v) is 3.10. The minimum atomic E-state index is -0.950. The monoisotopic (exact) mass is 290 g/mol. The van der Waals surface area contributed by atoms with Gasteiger partial charge in [0.15, 0.2) is 5.16 Å². The van der Waals surface area contributed by atoms with Crippen molar-refractivity contribution < 1.29 is 9.90 Å². The lowest BCUT2D eigenvalue weighted by molar-refractivity contribution is 0.0696. The van der Waals surface area contributed by atoms with Crippen molar-refractivity contribution in [3.63, 3.8) is 0 Å². The van der Waals surface area contributed by atoms with Gasteiger partial charge < -0.3 is 9.67 Å². The van der Waals surface area contributed by atoms with Gasteiger partial charge in [-0.05, 0) is 36.7 Å². The van der Waals surface area contributed by atoms with Crippen LogP contribution in [0.1, 0.15) is 35.4 Å². The highest BCUT2D eigenvalue weighted by molar-refractivity contribution is 7.99. The number of rotatable bonds is 3. The number of aromatic carboxylic acids is 1. The first-order chi connectivity index (χ1) is 9.74. The Balaban J connectivity index is 1.86. The fraction of sp³-hybridized carbons (Fsp3) is 0.385. The summed E-state index contributed by atoms with van der Waals surface area (Å²) in [5.41, 5.74) is 0.234. The number of hydrogen-bond acceptors (Lipinski definition) is 5. The first-order valence-electron chi connectivity index (χ1n) is 6.53. The van der Waals surface area contributed by atoms with Gasteiger partial charge in [-0.25, -0.2) is 9.78 Å². The maximum Gasteiger partial charge on any atom is 0.335 e.